The van der Waals surface area contributed by atoms with E-state index in [1.54, 1.807) is 6.07 Å². The number of hydrogen-bond donors (Lipinski definition) is 1. The molecule has 2 heterocycles. The molecular weight excluding hydrogens is 354 g/mol. The van der Waals surface area contributed by atoms with Gasteiger partial charge in [0.15, 0.2) is 11.4 Å². The lowest BCUT2D eigenvalue weighted by atomic mass is 9.95. The topological polar surface area (TPSA) is 63.6 Å². The number of nitrogens with one attached hydrogen (secondary N) is 1. The van der Waals surface area contributed by atoms with Crippen LogP contribution in [0.15, 0.2) is 10.9 Å². The normalized spacial score (nSPS) is 17.9. The van der Waals surface area contributed by atoms with Gasteiger partial charge in [0.1, 0.15) is 0 Å². The molecule has 0 radical (unpaired) electrons. The Kier molecular flexibility index (Phi) is 7.16. The van der Waals surface area contributed by atoms with Gasteiger partial charge in [-0.15, -0.1) is 0 Å². The Labute approximate surface area is 168 Å². The molecular formula is C22H35N3O3. The fourth-order valence-corrected chi connectivity index (χ4v) is 4.24. The molecule has 6 nitrogen and oxygen atoms in total. The van der Waals surface area contributed by atoms with Gasteiger partial charge in [-0.1, -0.05) is 32.6 Å². The minimum Gasteiger partial charge on any atom is -0.487 e. The van der Waals surface area contributed by atoms with Gasteiger partial charge >= 0.3 is 0 Å². The van der Waals surface area contributed by atoms with Gasteiger partial charge in [0.2, 0.25) is 5.43 Å². The van der Waals surface area contributed by atoms with Gasteiger partial charge in [-0.05, 0) is 33.1 Å². The molecule has 0 aromatic carbocycles. The molecule has 0 spiro atoms. The first-order valence-electron chi connectivity index (χ1n) is 11.0. The molecule has 0 saturated heterocycles. The van der Waals surface area contributed by atoms with Crippen molar-refractivity contribution >= 4 is 5.91 Å². The van der Waals surface area contributed by atoms with Gasteiger partial charge in [0, 0.05) is 43.5 Å². The first-order valence-corrected chi connectivity index (χ1v) is 11.0. The lowest BCUT2D eigenvalue weighted by Gasteiger charge is -2.35. The maximum atomic E-state index is 13.2. The number of carbonyl (C=O) groups excluding carboxylic acids is 1. The second kappa shape index (κ2) is 9.59. The third-order valence-corrected chi connectivity index (χ3v) is 5.93. The van der Waals surface area contributed by atoms with Crippen LogP contribution >= 0.6 is 0 Å². The summed E-state index contributed by atoms with van der Waals surface area (Å²) in [6.07, 6.45) is 8.08. The fraction of sp³-hybridized carbons (Fsp3) is 0.727. The summed E-state index contributed by atoms with van der Waals surface area (Å²) in [4.78, 5) is 27.9. The Hall–Kier alpha value is -1.82. The van der Waals surface area contributed by atoms with Crippen LogP contribution < -0.4 is 15.5 Å². The van der Waals surface area contributed by atoms with Crippen LogP contribution in [0.4, 0.5) is 0 Å². The number of hydrogen-bond acceptors (Lipinski definition) is 4. The molecule has 156 valence electrons. The van der Waals surface area contributed by atoms with Crippen molar-refractivity contribution in [1.82, 2.24) is 14.8 Å². The number of rotatable bonds is 8. The van der Waals surface area contributed by atoms with Crippen molar-refractivity contribution in [2.75, 3.05) is 13.2 Å². The Balaban J connectivity index is 1.90. The van der Waals surface area contributed by atoms with Crippen LogP contribution in [0.1, 0.15) is 81.9 Å². The van der Waals surface area contributed by atoms with Crippen molar-refractivity contribution in [3.63, 3.8) is 0 Å². The van der Waals surface area contributed by atoms with Crippen LogP contribution in [0.25, 0.3) is 0 Å². The second-order valence-electron chi connectivity index (χ2n) is 8.34. The number of ether oxygens (including phenoxy) is 1. The average Bonchev–Trinajstić information content (AvgIpc) is 2.69. The van der Waals surface area contributed by atoms with E-state index in [2.05, 4.69) is 12.2 Å². The SMILES string of the molecule is CCCCOc1c2n(c(CNC3CCCCC3)cc1=O)CCN(C(C)C)C2=O. The molecule has 1 fully saturated rings. The summed E-state index contributed by atoms with van der Waals surface area (Å²) in [5.74, 6) is 0.134. The molecule has 1 aliphatic heterocycles. The Morgan fingerprint density at radius 3 is 2.61 bits per heavy atom. The van der Waals surface area contributed by atoms with E-state index in [9.17, 15) is 9.59 Å². The van der Waals surface area contributed by atoms with E-state index in [-0.39, 0.29) is 23.1 Å². The Morgan fingerprint density at radius 1 is 1.18 bits per heavy atom. The molecule has 1 aliphatic carbocycles. The molecule has 1 amide bonds. The maximum absolute atomic E-state index is 13.2. The monoisotopic (exact) mass is 389 g/mol. The Morgan fingerprint density at radius 2 is 1.93 bits per heavy atom. The highest BCUT2D eigenvalue weighted by atomic mass is 16.5. The molecule has 1 aromatic heterocycles. The number of amides is 1. The van der Waals surface area contributed by atoms with E-state index in [0.29, 0.717) is 38.0 Å². The second-order valence-corrected chi connectivity index (χ2v) is 8.34. The fourth-order valence-electron chi connectivity index (χ4n) is 4.24. The number of aromatic nitrogens is 1. The molecule has 28 heavy (non-hydrogen) atoms. The van der Waals surface area contributed by atoms with Gasteiger partial charge < -0.3 is 19.5 Å². The van der Waals surface area contributed by atoms with Crippen LogP contribution in [0.2, 0.25) is 0 Å². The number of fused-ring (bicyclic) bond motifs is 1. The highest BCUT2D eigenvalue weighted by molar-refractivity contribution is 5.96. The van der Waals surface area contributed by atoms with E-state index in [1.807, 2.05) is 23.3 Å². The molecule has 0 unspecified atom stereocenters. The van der Waals surface area contributed by atoms with Crippen LogP contribution in [0, 0.1) is 0 Å². The van der Waals surface area contributed by atoms with E-state index in [1.165, 1.54) is 32.1 Å². The van der Waals surface area contributed by atoms with Gasteiger partial charge in [0.25, 0.3) is 5.91 Å². The summed E-state index contributed by atoms with van der Waals surface area (Å²) in [6, 6.07) is 2.27. The Bertz CT molecular complexity index is 735. The molecule has 0 bridgehead atoms. The van der Waals surface area contributed by atoms with Crippen molar-refractivity contribution in [3.8, 4) is 5.75 Å². The molecule has 3 rings (SSSR count). The van der Waals surface area contributed by atoms with E-state index >= 15 is 0 Å². The minimum absolute atomic E-state index is 0.0932. The summed E-state index contributed by atoms with van der Waals surface area (Å²) < 4.78 is 7.84. The standard InChI is InChI=1S/C22H35N3O3/c1-4-5-13-28-21-19(26)14-18(15-23-17-9-7-6-8-10-17)25-12-11-24(16(2)3)22(27)20(21)25/h14,16-17,23H,4-13,15H2,1-3H3. The van der Waals surface area contributed by atoms with E-state index < -0.39 is 0 Å². The lowest BCUT2D eigenvalue weighted by Crippen LogP contribution is -2.46. The minimum atomic E-state index is -0.179. The zero-order valence-electron chi connectivity index (χ0n) is 17.6. The largest absolute Gasteiger partial charge is 0.487 e. The van der Waals surface area contributed by atoms with Crippen molar-refractivity contribution in [3.05, 3.63) is 27.7 Å². The molecule has 6 heteroatoms. The van der Waals surface area contributed by atoms with Crippen molar-refractivity contribution < 1.29 is 9.53 Å². The van der Waals surface area contributed by atoms with Gasteiger partial charge in [0.05, 0.1) is 6.61 Å². The number of nitrogens with zero attached hydrogens (tertiary/aromatic N) is 2. The summed E-state index contributed by atoms with van der Waals surface area (Å²) in [5, 5.41) is 3.61. The predicted octanol–water partition coefficient (Wildman–Crippen LogP) is 3.31. The van der Waals surface area contributed by atoms with Crippen LogP contribution in [-0.2, 0) is 13.1 Å². The van der Waals surface area contributed by atoms with Crippen molar-refractivity contribution in [2.45, 2.75) is 90.9 Å². The number of carbonyl (C=O) groups is 1. The van der Waals surface area contributed by atoms with E-state index in [0.717, 1.165) is 18.5 Å². The summed E-state index contributed by atoms with van der Waals surface area (Å²) >= 11 is 0. The average molecular weight is 390 g/mol. The van der Waals surface area contributed by atoms with E-state index in [4.69, 9.17) is 4.74 Å². The number of unbranched alkanes of at least 4 members (excludes halogenated alkanes) is 1. The summed E-state index contributed by atoms with van der Waals surface area (Å²) in [5.41, 5.74) is 1.15. The predicted molar refractivity (Wildman–Crippen MR) is 111 cm³/mol. The molecule has 0 atom stereocenters. The molecule has 1 aromatic rings. The smallest absolute Gasteiger partial charge is 0.274 e. The third kappa shape index (κ3) is 4.59. The van der Waals surface area contributed by atoms with Crippen LogP contribution in [0.5, 0.6) is 5.75 Å². The first kappa shape index (κ1) is 20.9. The zero-order chi connectivity index (χ0) is 20.1. The zero-order valence-corrected chi connectivity index (χ0v) is 17.6. The number of pyridine rings is 1. The quantitative estimate of drug-likeness (QED) is 0.693. The maximum Gasteiger partial charge on any atom is 0.274 e. The molecule has 2 aliphatic rings. The van der Waals surface area contributed by atoms with Crippen LogP contribution in [-0.4, -0.2) is 40.6 Å². The summed E-state index contributed by atoms with van der Waals surface area (Å²) in [7, 11) is 0. The lowest BCUT2D eigenvalue weighted by molar-refractivity contribution is 0.0636. The summed E-state index contributed by atoms with van der Waals surface area (Å²) in [6.45, 7) is 8.56. The van der Waals surface area contributed by atoms with Crippen molar-refractivity contribution in [1.29, 1.82) is 0 Å². The molecule has 1 N–H and O–H groups in total. The third-order valence-electron chi connectivity index (χ3n) is 5.93. The van der Waals surface area contributed by atoms with Gasteiger partial charge in [-0.25, -0.2) is 0 Å². The van der Waals surface area contributed by atoms with Crippen LogP contribution in [0.3, 0.4) is 0 Å². The van der Waals surface area contributed by atoms with Gasteiger partial charge in [-0.2, -0.15) is 0 Å². The molecule has 1 saturated carbocycles. The first-order chi connectivity index (χ1) is 13.5. The van der Waals surface area contributed by atoms with Crippen molar-refractivity contribution in [2.24, 2.45) is 0 Å². The van der Waals surface area contributed by atoms with Gasteiger partial charge in [-0.3, -0.25) is 9.59 Å². The highest BCUT2D eigenvalue weighted by Crippen LogP contribution is 2.24. The highest BCUT2D eigenvalue weighted by Gasteiger charge is 2.32.